The zero-order chi connectivity index (χ0) is 14.1. The van der Waals surface area contributed by atoms with E-state index in [0.29, 0.717) is 11.4 Å². The number of hydrogen-bond donors (Lipinski definition) is 0. The van der Waals surface area contributed by atoms with E-state index in [-0.39, 0.29) is 0 Å². The topological polar surface area (TPSA) is 46.4 Å². The molecule has 1 aromatic carbocycles. The highest BCUT2D eigenvalue weighted by Crippen LogP contribution is 2.27. The number of anilines is 1. The van der Waals surface area contributed by atoms with Crippen LogP contribution in [0.15, 0.2) is 24.3 Å². The van der Waals surface area contributed by atoms with Crippen LogP contribution < -0.4 is 5.06 Å². The normalized spacial score (nSPS) is 12.4. The summed E-state index contributed by atoms with van der Waals surface area (Å²) in [5.41, 5.74) is 0.160. The van der Waals surface area contributed by atoms with E-state index in [1.807, 2.05) is 41.5 Å². The minimum absolute atomic E-state index is 0.483. The Hall–Kier alpha value is -1.42. The average molecular weight is 250 g/mol. The maximum Gasteiger partial charge on any atom is 0.256 e. The molecule has 0 atom stereocenters. The van der Waals surface area contributed by atoms with Crippen LogP contribution in [-0.2, 0) is 0 Å². The van der Waals surface area contributed by atoms with Crippen molar-refractivity contribution in [3.05, 3.63) is 34.4 Å². The Morgan fingerprint density at radius 3 is 1.78 bits per heavy atom. The molecule has 0 aliphatic carbocycles. The molecular weight excluding hydrogens is 228 g/mol. The second-order valence-electron chi connectivity index (χ2n) is 6.45. The highest BCUT2D eigenvalue weighted by Gasteiger charge is 2.31. The number of hydroxylamine groups is 1. The smallest absolute Gasteiger partial charge is 0.256 e. The van der Waals surface area contributed by atoms with Gasteiger partial charge in [0.15, 0.2) is 0 Å². The van der Waals surface area contributed by atoms with Gasteiger partial charge in [0.2, 0.25) is 5.54 Å². The molecule has 0 radical (unpaired) electrons. The van der Waals surface area contributed by atoms with Crippen LogP contribution in [0.25, 0.3) is 0 Å². The minimum atomic E-state index is -0.483. The van der Waals surface area contributed by atoms with Crippen LogP contribution in [0.2, 0.25) is 0 Å². The lowest BCUT2D eigenvalue weighted by Gasteiger charge is -2.43. The molecule has 0 saturated heterocycles. The first kappa shape index (κ1) is 14.6. The molecule has 0 heterocycles. The maximum absolute atomic E-state index is 12.0. The number of nitroso groups, excluding NO2 is 1. The zero-order valence-corrected chi connectivity index (χ0v) is 12.0. The van der Waals surface area contributed by atoms with Crippen LogP contribution in [0.4, 0.5) is 11.4 Å². The van der Waals surface area contributed by atoms with E-state index in [9.17, 15) is 10.1 Å². The molecule has 100 valence electrons. The van der Waals surface area contributed by atoms with Crippen LogP contribution in [0.3, 0.4) is 0 Å². The fraction of sp³-hybridized carbons (Fsp3) is 0.571. The summed E-state index contributed by atoms with van der Waals surface area (Å²) < 4.78 is 0.947. The number of rotatable bonds is 2. The zero-order valence-electron chi connectivity index (χ0n) is 12.0. The summed E-state index contributed by atoms with van der Waals surface area (Å²) in [7, 11) is 0. The van der Waals surface area contributed by atoms with Gasteiger partial charge in [-0.1, -0.05) is 0 Å². The van der Waals surface area contributed by atoms with Gasteiger partial charge in [0.1, 0.15) is 0 Å². The van der Waals surface area contributed by atoms with Gasteiger partial charge in [0.05, 0.1) is 0 Å². The first-order chi connectivity index (χ1) is 8.03. The summed E-state index contributed by atoms with van der Waals surface area (Å²) in [6.45, 7) is 11.1. The van der Waals surface area contributed by atoms with Crippen LogP contribution in [-0.4, -0.2) is 15.8 Å². The van der Waals surface area contributed by atoms with E-state index in [4.69, 9.17) is 0 Å². The predicted molar refractivity (Wildman–Crippen MR) is 75.1 cm³/mol. The number of nitrogens with zero attached hydrogens (tertiary/aromatic N) is 2. The molecule has 4 nitrogen and oxygen atoms in total. The number of hydrogen-bond acceptors (Lipinski definition) is 3. The van der Waals surface area contributed by atoms with Gasteiger partial charge in [-0.25, -0.2) is 0 Å². The van der Waals surface area contributed by atoms with Crippen molar-refractivity contribution in [3.8, 4) is 0 Å². The largest absolute Gasteiger partial charge is 0.758 e. The fourth-order valence-electron chi connectivity index (χ4n) is 1.50. The lowest BCUT2D eigenvalue weighted by molar-refractivity contribution is -0.540. The second-order valence-corrected chi connectivity index (χ2v) is 6.45. The molecule has 0 N–H and O–H groups in total. The van der Waals surface area contributed by atoms with Gasteiger partial charge in [0.25, 0.3) is 5.69 Å². The predicted octanol–water partition coefficient (Wildman–Crippen LogP) is 4.00. The van der Waals surface area contributed by atoms with Crippen LogP contribution in [0.1, 0.15) is 41.5 Å². The molecule has 0 bridgehead atoms. The van der Waals surface area contributed by atoms with E-state index in [1.54, 1.807) is 24.3 Å². The Labute approximate surface area is 109 Å². The van der Waals surface area contributed by atoms with Crippen molar-refractivity contribution in [2.24, 2.45) is 0 Å². The summed E-state index contributed by atoms with van der Waals surface area (Å²) in [6.07, 6.45) is 0. The van der Waals surface area contributed by atoms with Gasteiger partial charge in [-0.15, -0.1) is 0 Å². The fourth-order valence-corrected chi connectivity index (χ4v) is 1.50. The Balaban J connectivity index is 2.98. The average Bonchev–Trinajstić information content (AvgIpc) is 2.25. The first-order valence-corrected chi connectivity index (χ1v) is 6.08. The van der Waals surface area contributed by atoms with Crippen molar-refractivity contribution in [3.63, 3.8) is 0 Å². The molecule has 1 rings (SSSR count). The second kappa shape index (κ2) is 4.69. The quantitative estimate of drug-likeness (QED) is 0.588. The number of benzene rings is 1. The minimum Gasteiger partial charge on any atom is -0.758 e. The maximum atomic E-state index is 12.0. The van der Waals surface area contributed by atoms with Crippen molar-refractivity contribution in [2.75, 3.05) is 5.06 Å². The molecule has 0 aliphatic rings. The molecule has 0 aromatic heterocycles. The van der Waals surface area contributed by atoms with Crippen LogP contribution in [0, 0.1) is 10.1 Å². The van der Waals surface area contributed by atoms with Crippen LogP contribution in [0.5, 0.6) is 0 Å². The lowest BCUT2D eigenvalue weighted by Crippen LogP contribution is -2.36. The molecule has 0 spiro atoms. The Kier molecular flexibility index (Phi) is 3.81. The van der Waals surface area contributed by atoms with E-state index >= 15 is 0 Å². The molecule has 0 saturated carbocycles. The van der Waals surface area contributed by atoms with Gasteiger partial charge in [-0.05, 0) is 32.9 Å². The van der Waals surface area contributed by atoms with Crippen molar-refractivity contribution in [2.45, 2.75) is 52.6 Å². The molecular formula is C14H22N2O2. The lowest BCUT2D eigenvalue weighted by atomic mass is 10.1. The third kappa shape index (κ3) is 3.29. The van der Waals surface area contributed by atoms with Crippen molar-refractivity contribution in [1.82, 2.24) is 0 Å². The van der Waals surface area contributed by atoms with Crippen molar-refractivity contribution < 1.29 is 4.76 Å². The Morgan fingerprint density at radius 2 is 1.44 bits per heavy atom. The van der Waals surface area contributed by atoms with E-state index < -0.39 is 11.1 Å². The summed E-state index contributed by atoms with van der Waals surface area (Å²) in [5, 5.41) is 12.9. The van der Waals surface area contributed by atoms with Crippen LogP contribution >= 0.6 is 0 Å². The third-order valence-corrected chi connectivity index (χ3v) is 2.54. The van der Waals surface area contributed by atoms with E-state index in [0.717, 1.165) is 9.82 Å². The molecule has 0 fully saturated rings. The van der Waals surface area contributed by atoms with Crippen molar-refractivity contribution in [1.29, 1.82) is 0 Å². The molecule has 18 heavy (non-hydrogen) atoms. The highest BCUT2D eigenvalue weighted by molar-refractivity contribution is 5.53. The highest BCUT2D eigenvalue weighted by atomic mass is 16.5. The Morgan fingerprint density at radius 1 is 1.00 bits per heavy atom. The third-order valence-electron chi connectivity index (χ3n) is 2.54. The monoisotopic (exact) mass is 250 g/mol. The van der Waals surface area contributed by atoms with Gasteiger partial charge in [-0.2, -0.15) is 0 Å². The summed E-state index contributed by atoms with van der Waals surface area (Å²) in [4.78, 5) is 12.0. The summed E-state index contributed by atoms with van der Waals surface area (Å²) >= 11 is 0. The first-order valence-electron chi connectivity index (χ1n) is 6.08. The van der Waals surface area contributed by atoms with Gasteiger partial charge in [-0.3, -0.25) is 0 Å². The molecule has 4 heteroatoms. The van der Waals surface area contributed by atoms with Crippen molar-refractivity contribution >= 4 is 11.4 Å². The molecule has 1 aromatic rings. The van der Waals surface area contributed by atoms with Gasteiger partial charge in [0, 0.05) is 53.8 Å². The summed E-state index contributed by atoms with van der Waals surface area (Å²) in [6, 6.07) is 6.74. The van der Waals surface area contributed by atoms with Gasteiger partial charge >= 0.3 is 0 Å². The Bertz CT molecular complexity index is 425. The van der Waals surface area contributed by atoms with Gasteiger partial charge < -0.3 is 10.3 Å². The van der Waals surface area contributed by atoms with E-state index in [1.165, 1.54) is 0 Å². The molecule has 0 amide bonds. The summed E-state index contributed by atoms with van der Waals surface area (Å²) in [5.74, 6) is 0. The molecule has 0 unspecified atom stereocenters. The molecule has 0 aliphatic heterocycles. The standard InChI is InChI=1S/C14H22N2O2/c1-13(2,3)15(17)11-7-9-12(10-8-11)16(18)14(4,5)6/h7-10H,1-6H3. The SMILES string of the molecule is CC(C)(C)N([O-])c1ccc([N+](=O)C(C)(C)C)cc1. The van der Waals surface area contributed by atoms with E-state index in [2.05, 4.69) is 0 Å².